The van der Waals surface area contributed by atoms with Crippen LogP contribution in [-0.2, 0) is 9.47 Å². The highest BCUT2D eigenvalue weighted by Crippen LogP contribution is 2.29. The van der Waals surface area contributed by atoms with Crippen molar-refractivity contribution >= 4 is 11.4 Å². The largest absolute Gasteiger partial charge is 0.470 e. The molecule has 2 aromatic carbocycles. The third-order valence-electron chi connectivity index (χ3n) is 4.72. The number of hydrogen-bond acceptors (Lipinski definition) is 5. The van der Waals surface area contributed by atoms with Crippen molar-refractivity contribution in [1.82, 2.24) is 15.6 Å². The Hall–Kier alpha value is -3.73. The molecule has 0 spiro atoms. The first kappa shape index (κ1) is 16.4. The van der Waals surface area contributed by atoms with Gasteiger partial charge in [-0.3, -0.25) is 0 Å². The van der Waals surface area contributed by atoms with Crippen molar-refractivity contribution in [2.45, 2.75) is 12.5 Å². The molecule has 2 atom stereocenters. The molecule has 0 bridgehead atoms. The summed E-state index contributed by atoms with van der Waals surface area (Å²) in [5.41, 5.74) is 5.66. The molecule has 28 heavy (non-hydrogen) atoms. The van der Waals surface area contributed by atoms with Gasteiger partial charge in [0.1, 0.15) is 23.9 Å². The predicted octanol–water partition coefficient (Wildman–Crippen LogP) is 4.32. The molecule has 1 aromatic heterocycles. The lowest BCUT2D eigenvalue weighted by molar-refractivity contribution is 0.140. The van der Waals surface area contributed by atoms with Gasteiger partial charge < -0.3 is 20.1 Å². The van der Waals surface area contributed by atoms with E-state index in [1.54, 1.807) is 12.5 Å². The van der Waals surface area contributed by atoms with E-state index in [4.69, 9.17) is 14.5 Å². The van der Waals surface area contributed by atoms with E-state index in [1.807, 2.05) is 78.9 Å². The predicted molar refractivity (Wildman–Crippen MR) is 107 cm³/mol. The molecule has 5 nitrogen and oxygen atoms in total. The summed E-state index contributed by atoms with van der Waals surface area (Å²) in [6, 6.07) is 26.0. The maximum Gasteiger partial charge on any atom is 0.212 e. The Morgan fingerprint density at radius 1 is 0.571 bits per heavy atom. The standard InChI is InChI=1S/C23H19N3O2/c1-3-8-16(9-4-1)20-14-27-22(25-20)18-12-7-13-19(24-18)23-26-21(15-28-23)17-10-5-2-6-11-17/h1-15,22-23,25-26H. The van der Waals surface area contributed by atoms with E-state index < -0.39 is 0 Å². The van der Waals surface area contributed by atoms with Gasteiger partial charge in [-0.1, -0.05) is 66.7 Å². The van der Waals surface area contributed by atoms with Crippen LogP contribution in [0.3, 0.4) is 0 Å². The van der Waals surface area contributed by atoms with Gasteiger partial charge >= 0.3 is 0 Å². The Morgan fingerprint density at radius 3 is 1.50 bits per heavy atom. The minimum Gasteiger partial charge on any atom is -0.470 e. The molecule has 5 rings (SSSR count). The Bertz CT molecular complexity index is 951. The Morgan fingerprint density at radius 2 is 1.04 bits per heavy atom. The first-order valence-corrected chi connectivity index (χ1v) is 9.19. The Labute approximate surface area is 163 Å². The van der Waals surface area contributed by atoms with Crippen LogP contribution in [0.4, 0.5) is 0 Å². The zero-order valence-electron chi connectivity index (χ0n) is 15.1. The van der Waals surface area contributed by atoms with Crippen LogP contribution in [0.5, 0.6) is 0 Å². The summed E-state index contributed by atoms with van der Waals surface area (Å²) in [4.78, 5) is 4.75. The maximum atomic E-state index is 5.80. The van der Waals surface area contributed by atoms with Crippen LogP contribution in [0.1, 0.15) is 35.0 Å². The molecule has 2 aliphatic rings. The summed E-state index contributed by atoms with van der Waals surface area (Å²) >= 11 is 0. The van der Waals surface area contributed by atoms with Crippen molar-refractivity contribution < 1.29 is 9.47 Å². The van der Waals surface area contributed by atoms with Crippen LogP contribution in [0.25, 0.3) is 11.4 Å². The number of nitrogens with zero attached hydrogens (tertiary/aromatic N) is 1. The SMILES string of the molecule is C1=C(c2ccccc2)NC(c2cccc(C3NC(c4ccccc4)=CO3)n2)O1. The molecule has 0 aliphatic carbocycles. The topological polar surface area (TPSA) is 55.4 Å². The minimum absolute atomic E-state index is 0.321. The molecule has 0 amide bonds. The first-order chi connectivity index (χ1) is 13.9. The van der Waals surface area contributed by atoms with Crippen LogP contribution in [0, 0.1) is 0 Å². The molecule has 3 heterocycles. The number of pyridine rings is 1. The van der Waals surface area contributed by atoms with Crippen LogP contribution >= 0.6 is 0 Å². The van der Waals surface area contributed by atoms with Crippen molar-refractivity contribution in [3.63, 3.8) is 0 Å². The lowest BCUT2D eigenvalue weighted by atomic mass is 10.1. The molecule has 5 heteroatoms. The van der Waals surface area contributed by atoms with Crippen molar-refractivity contribution in [2.75, 3.05) is 0 Å². The van der Waals surface area contributed by atoms with Crippen molar-refractivity contribution in [3.8, 4) is 0 Å². The highest BCUT2D eigenvalue weighted by Gasteiger charge is 2.25. The third-order valence-corrected chi connectivity index (χ3v) is 4.72. The van der Waals surface area contributed by atoms with Gasteiger partial charge in [0, 0.05) is 11.1 Å². The second-order valence-corrected chi connectivity index (χ2v) is 6.60. The van der Waals surface area contributed by atoms with Gasteiger partial charge in [-0.05, 0) is 12.1 Å². The van der Waals surface area contributed by atoms with Gasteiger partial charge in [-0.2, -0.15) is 0 Å². The molecule has 2 aliphatic heterocycles. The highest BCUT2D eigenvalue weighted by molar-refractivity contribution is 5.65. The molecule has 2 N–H and O–H groups in total. The summed E-state index contributed by atoms with van der Waals surface area (Å²) in [6.07, 6.45) is 2.85. The maximum absolute atomic E-state index is 5.80. The summed E-state index contributed by atoms with van der Waals surface area (Å²) in [6.45, 7) is 0. The fraction of sp³-hybridized carbons (Fsp3) is 0.0870. The van der Waals surface area contributed by atoms with Crippen LogP contribution in [0.15, 0.2) is 91.4 Å². The lowest BCUT2D eigenvalue weighted by Gasteiger charge is -2.16. The molecular formula is C23H19N3O2. The van der Waals surface area contributed by atoms with Crippen LogP contribution < -0.4 is 10.6 Å². The van der Waals surface area contributed by atoms with Crippen molar-refractivity contribution in [2.24, 2.45) is 0 Å². The average molecular weight is 369 g/mol. The second-order valence-electron chi connectivity index (χ2n) is 6.60. The van der Waals surface area contributed by atoms with Crippen molar-refractivity contribution in [1.29, 1.82) is 0 Å². The molecule has 0 saturated heterocycles. The van der Waals surface area contributed by atoms with E-state index in [9.17, 15) is 0 Å². The van der Waals surface area contributed by atoms with E-state index in [0.29, 0.717) is 0 Å². The van der Waals surface area contributed by atoms with Crippen LogP contribution in [-0.4, -0.2) is 4.98 Å². The summed E-state index contributed by atoms with van der Waals surface area (Å²) in [5, 5.41) is 6.76. The molecule has 3 aromatic rings. The number of ether oxygens (including phenoxy) is 2. The molecule has 0 fully saturated rings. The Balaban J connectivity index is 1.29. The quantitative estimate of drug-likeness (QED) is 0.717. The van der Waals surface area contributed by atoms with Gasteiger partial charge in [0.05, 0.1) is 11.4 Å². The monoisotopic (exact) mass is 369 g/mol. The summed E-state index contributed by atoms with van der Waals surface area (Å²) < 4.78 is 11.6. The summed E-state index contributed by atoms with van der Waals surface area (Å²) in [5.74, 6) is 0. The molecule has 0 saturated carbocycles. The summed E-state index contributed by atoms with van der Waals surface area (Å²) in [7, 11) is 0. The normalized spacial score (nSPS) is 20.3. The molecule has 2 unspecified atom stereocenters. The Kier molecular flexibility index (Phi) is 4.18. The number of nitrogens with one attached hydrogen (secondary N) is 2. The smallest absolute Gasteiger partial charge is 0.212 e. The minimum atomic E-state index is -0.321. The number of hydrogen-bond donors (Lipinski definition) is 2. The van der Waals surface area contributed by atoms with E-state index in [1.165, 1.54) is 0 Å². The zero-order chi connectivity index (χ0) is 18.8. The second kappa shape index (κ2) is 7.12. The zero-order valence-corrected chi connectivity index (χ0v) is 15.1. The molecule has 0 radical (unpaired) electrons. The highest BCUT2D eigenvalue weighted by atomic mass is 16.5. The van der Waals surface area contributed by atoms with E-state index in [0.717, 1.165) is 33.9 Å². The molecular weight excluding hydrogens is 350 g/mol. The van der Waals surface area contributed by atoms with Gasteiger partial charge in [0.2, 0.25) is 12.5 Å². The van der Waals surface area contributed by atoms with E-state index in [2.05, 4.69) is 10.6 Å². The third kappa shape index (κ3) is 3.18. The fourth-order valence-corrected chi connectivity index (χ4v) is 3.28. The van der Waals surface area contributed by atoms with Crippen molar-refractivity contribution in [3.05, 3.63) is 114 Å². The van der Waals surface area contributed by atoms with Gasteiger partial charge in [0.25, 0.3) is 0 Å². The van der Waals surface area contributed by atoms with E-state index >= 15 is 0 Å². The number of aromatic nitrogens is 1. The number of benzene rings is 2. The van der Waals surface area contributed by atoms with Gasteiger partial charge in [0.15, 0.2) is 0 Å². The van der Waals surface area contributed by atoms with Crippen LogP contribution in [0.2, 0.25) is 0 Å². The molecule has 138 valence electrons. The van der Waals surface area contributed by atoms with E-state index in [-0.39, 0.29) is 12.5 Å². The fourth-order valence-electron chi connectivity index (χ4n) is 3.28. The lowest BCUT2D eigenvalue weighted by Crippen LogP contribution is -2.20. The van der Waals surface area contributed by atoms with Gasteiger partial charge in [-0.25, -0.2) is 4.98 Å². The number of rotatable bonds is 4. The van der Waals surface area contributed by atoms with Gasteiger partial charge in [-0.15, -0.1) is 0 Å². The first-order valence-electron chi connectivity index (χ1n) is 9.19. The average Bonchev–Trinajstić information content (AvgIpc) is 3.46.